The first kappa shape index (κ1) is 47.2. The van der Waals surface area contributed by atoms with E-state index in [1.54, 1.807) is 0 Å². The van der Waals surface area contributed by atoms with Gasteiger partial charge in [-0.3, -0.25) is 0 Å². The normalized spacial score (nSPS) is 12.8. The van der Waals surface area contributed by atoms with Crippen LogP contribution in [0.3, 0.4) is 0 Å². The Balaban J connectivity index is 0.908. The van der Waals surface area contributed by atoms with Crippen LogP contribution < -0.4 is 9.80 Å². The number of furan rings is 2. The van der Waals surface area contributed by atoms with Crippen molar-refractivity contribution in [2.24, 2.45) is 0 Å². The Morgan fingerprint density at radius 1 is 0.277 bits per heavy atom. The molecule has 14 aromatic carbocycles. The van der Waals surface area contributed by atoms with Crippen molar-refractivity contribution in [3.05, 3.63) is 290 Å². The molecule has 390 valence electrons. The number of hydrogen-bond donors (Lipinski definition) is 0. The molecule has 0 atom stereocenters. The maximum absolute atomic E-state index is 7.39. The topological polar surface area (TPSA) is 32.8 Å². The molecule has 4 nitrogen and oxygen atoms in total. The van der Waals surface area contributed by atoms with Gasteiger partial charge in [-0.1, -0.05) is 232 Å². The van der Waals surface area contributed by atoms with E-state index in [-0.39, 0.29) is 0 Å². The van der Waals surface area contributed by atoms with Crippen LogP contribution in [0.2, 0.25) is 0 Å². The lowest BCUT2D eigenvalue weighted by molar-refractivity contribution is 0.661. The van der Waals surface area contributed by atoms with E-state index in [9.17, 15) is 0 Å². The minimum absolute atomic E-state index is 0.462. The molecule has 0 radical (unpaired) electrons. The van der Waals surface area contributed by atoms with Gasteiger partial charge in [-0.15, -0.1) is 0 Å². The van der Waals surface area contributed by atoms with Gasteiger partial charge in [-0.05, 0) is 126 Å². The number of fused-ring (bicyclic) bond motifs is 17. The summed E-state index contributed by atoms with van der Waals surface area (Å²) in [6, 6.07) is 101. The molecule has 0 N–H and O–H groups in total. The summed E-state index contributed by atoms with van der Waals surface area (Å²) in [5.41, 5.74) is 18.7. The molecule has 0 spiro atoms. The van der Waals surface area contributed by atoms with E-state index in [4.69, 9.17) is 8.83 Å². The van der Waals surface area contributed by atoms with Crippen LogP contribution >= 0.6 is 0 Å². The number of para-hydroxylation sites is 4. The third-order valence-electron chi connectivity index (χ3n) is 17.7. The van der Waals surface area contributed by atoms with E-state index in [0.717, 1.165) is 111 Å². The van der Waals surface area contributed by atoms with Gasteiger partial charge in [0, 0.05) is 60.2 Å². The van der Waals surface area contributed by atoms with Gasteiger partial charge in [0.1, 0.15) is 11.2 Å². The molecule has 83 heavy (non-hydrogen) atoms. The summed E-state index contributed by atoms with van der Waals surface area (Å²) in [5.74, 6) is 0. The van der Waals surface area contributed by atoms with E-state index >= 15 is 0 Å². The summed E-state index contributed by atoms with van der Waals surface area (Å²) in [4.78, 5) is 4.88. The van der Waals surface area contributed by atoms with Crippen molar-refractivity contribution in [2.75, 3.05) is 9.80 Å². The molecule has 1 aliphatic rings. The van der Waals surface area contributed by atoms with Gasteiger partial charge in [0.2, 0.25) is 0 Å². The van der Waals surface area contributed by atoms with Crippen LogP contribution in [-0.4, -0.2) is 0 Å². The van der Waals surface area contributed by atoms with E-state index in [0.29, 0.717) is 0 Å². The summed E-state index contributed by atoms with van der Waals surface area (Å²) >= 11 is 0. The fraction of sp³-hybridized carbons (Fsp3) is 0.0380. The third-order valence-corrected chi connectivity index (χ3v) is 17.7. The first-order valence-corrected chi connectivity index (χ1v) is 28.7. The van der Waals surface area contributed by atoms with Crippen molar-refractivity contribution in [3.63, 3.8) is 0 Å². The van der Waals surface area contributed by atoms with Gasteiger partial charge in [-0.25, -0.2) is 0 Å². The zero-order valence-corrected chi connectivity index (χ0v) is 45.8. The van der Waals surface area contributed by atoms with Crippen molar-refractivity contribution >= 4 is 121 Å². The van der Waals surface area contributed by atoms with E-state index < -0.39 is 5.41 Å². The maximum Gasteiger partial charge on any atom is 0.159 e. The van der Waals surface area contributed by atoms with Crippen LogP contribution in [0, 0.1) is 0 Å². The molecular formula is C79H52N2O2. The predicted molar refractivity (Wildman–Crippen MR) is 349 cm³/mol. The predicted octanol–water partition coefficient (Wildman–Crippen LogP) is 22.7. The van der Waals surface area contributed by atoms with Crippen LogP contribution in [-0.2, 0) is 5.41 Å². The molecule has 0 saturated heterocycles. The molecule has 0 saturated carbocycles. The largest absolute Gasteiger partial charge is 0.453 e. The number of anilines is 6. The average molecular weight is 1060 g/mol. The van der Waals surface area contributed by atoms with E-state index in [2.05, 4.69) is 303 Å². The lowest BCUT2D eigenvalue weighted by atomic mass is 9.81. The SMILES string of the molecule is CC1(C)c2cc(N(c3ccccc3)c3cccc4c3oc3c(-c5ccccc5)cc5ccccc5c34)c3ccccc3c2-c2c1cc(N(c1ccccc1)c1cccc3c1oc1c(-c4ccccc4)cc4ccccc4c13)c1ccccc21. The fourth-order valence-electron chi connectivity index (χ4n) is 14.0. The Kier molecular flexibility index (Phi) is 10.3. The summed E-state index contributed by atoms with van der Waals surface area (Å²) in [7, 11) is 0. The fourth-order valence-corrected chi connectivity index (χ4v) is 14.0. The highest BCUT2D eigenvalue weighted by Crippen LogP contribution is 2.59. The molecule has 0 fully saturated rings. The lowest BCUT2D eigenvalue weighted by Crippen LogP contribution is -2.18. The standard InChI is InChI=1S/C79H52N2O2/c1-79(2)65-47-69(80(53-31-11-5-12-32-53)67-43-23-41-61-71-55-35-17-15-29-51(55)45-63(77(71)82-75(61)67)49-25-7-3-8-26-49)57-37-19-21-39-59(57)73(65)74-60-40-22-20-38-58(60)70(48-66(74)79)81(54-33-13-6-14-34-54)68-44-24-42-62-72-56-36-18-16-30-52(56)46-64(78(72)83-76(62)68)50-27-9-4-10-28-50/h3-48H,1-2H3. The first-order valence-electron chi connectivity index (χ1n) is 28.7. The third kappa shape index (κ3) is 7.00. The summed E-state index contributed by atoms with van der Waals surface area (Å²) in [6.07, 6.45) is 0. The van der Waals surface area contributed by atoms with Crippen molar-refractivity contribution in [2.45, 2.75) is 19.3 Å². The maximum atomic E-state index is 7.39. The van der Waals surface area contributed by atoms with Gasteiger partial charge in [0.05, 0.1) is 22.7 Å². The minimum Gasteiger partial charge on any atom is -0.453 e. The summed E-state index contributed by atoms with van der Waals surface area (Å²) in [5, 5.41) is 13.8. The van der Waals surface area contributed by atoms with Crippen LogP contribution in [0.5, 0.6) is 0 Å². The van der Waals surface area contributed by atoms with Crippen LogP contribution in [0.1, 0.15) is 25.0 Å². The monoisotopic (exact) mass is 1060 g/mol. The van der Waals surface area contributed by atoms with Crippen molar-refractivity contribution in [1.82, 2.24) is 0 Å². The highest BCUT2D eigenvalue weighted by molar-refractivity contribution is 6.27. The highest BCUT2D eigenvalue weighted by atomic mass is 16.3. The zero-order valence-electron chi connectivity index (χ0n) is 45.8. The second kappa shape index (κ2) is 18.2. The average Bonchev–Trinajstić information content (AvgIpc) is 1.79. The first-order chi connectivity index (χ1) is 41.0. The van der Waals surface area contributed by atoms with Crippen LogP contribution in [0.15, 0.2) is 288 Å². The highest BCUT2D eigenvalue weighted by Gasteiger charge is 2.41. The van der Waals surface area contributed by atoms with Crippen LogP contribution in [0.4, 0.5) is 34.1 Å². The van der Waals surface area contributed by atoms with Gasteiger partial charge in [-0.2, -0.15) is 0 Å². The molecule has 0 aliphatic heterocycles. The smallest absolute Gasteiger partial charge is 0.159 e. The Morgan fingerprint density at radius 3 is 1.02 bits per heavy atom. The summed E-state index contributed by atoms with van der Waals surface area (Å²) in [6.45, 7) is 4.84. The Bertz CT molecular complexity index is 4960. The Morgan fingerprint density at radius 2 is 0.614 bits per heavy atom. The minimum atomic E-state index is -0.462. The molecule has 0 bridgehead atoms. The molecule has 16 aromatic rings. The van der Waals surface area contributed by atoms with Gasteiger partial charge in [0.25, 0.3) is 0 Å². The zero-order chi connectivity index (χ0) is 54.9. The van der Waals surface area contributed by atoms with Gasteiger partial charge >= 0.3 is 0 Å². The Hall–Kier alpha value is -10.7. The second-order valence-electron chi connectivity index (χ2n) is 22.6. The van der Waals surface area contributed by atoms with E-state index in [1.807, 2.05) is 0 Å². The van der Waals surface area contributed by atoms with Crippen molar-refractivity contribution < 1.29 is 8.83 Å². The van der Waals surface area contributed by atoms with E-state index in [1.165, 1.54) is 54.6 Å². The molecular weight excluding hydrogens is 1010 g/mol. The second-order valence-corrected chi connectivity index (χ2v) is 22.6. The quantitative estimate of drug-likeness (QED) is 0.152. The van der Waals surface area contributed by atoms with Crippen molar-refractivity contribution in [1.29, 1.82) is 0 Å². The van der Waals surface area contributed by atoms with Crippen LogP contribution in [0.25, 0.3) is 120 Å². The van der Waals surface area contributed by atoms with Crippen molar-refractivity contribution in [3.8, 4) is 33.4 Å². The number of nitrogens with zero attached hydrogens (tertiary/aromatic N) is 2. The molecule has 2 aromatic heterocycles. The number of rotatable bonds is 8. The molecule has 1 aliphatic carbocycles. The molecule has 0 unspecified atom stereocenters. The Labute approximate surface area is 479 Å². The lowest BCUT2D eigenvalue weighted by Gasteiger charge is -2.30. The number of hydrogen-bond acceptors (Lipinski definition) is 4. The van der Waals surface area contributed by atoms with Gasteiger partial charge < -0.3 is 18.6 Å². The molecule has 0 amide bonds. The van der Waals surface area contributed by atoms with Gasteiger partial charge in [0.15, 0.2) is 11.2 Å². The molecule has 17 rings (SSSR count). The number of benzene rings is 14. The molecule has 4 heteroatoms. The summed E-state index contributed by atoms with van der Waals surface area (Å²) < 4.78 is 14.8. The molecule has 2 heterocycles.